The van der Waals surface area contributed by atoms with Crippen LogP contribution in [-0.2, 0) is 28.6 Å². The number of allylic oxidation sites excluding steroid dienone is 10. The average molecular weight is 909 g/mol. The third kappa shape index (κ3) is 51.9. The van der Waals surface area contributed by atoms with Crippen molar-refractivity contribution in [1.82, 2.24) is 0 Å². The van der Waals surface area contributed by atoms with Crippen LogP contribution >= 0.6 is 0 Å². The Balaban J connectivity index is 4.36. The summed E-state index contributed by atoms with van der Waals surface area (Å²) in [6.07, 6.45) is 66.5. The molecule has 0 radical (unpaired) electrons. The molecule has 0 aliphatic carbocycles. The van der Waals surface area contributed by atoms with Crippen LogP contribution in [0.5, 0.6) is 0 Å². The maximum Gasteiger partial charge on any atom is 0.306 e. The highest BCUT2D eigenvalue weighted by Crippen LogP contribution is 2.16. The van der Waals surface area contributed by atoms with Crippen molar-refractivity contribution in [3.8, 4) is 0 Å². The van der Waals surface area contributed by atoms with E-state index in [0.717, 1.165) is 83.5 Å². The molecular weight excluding hydrogens is 805 g/mol. The Morgan fingerprint density at radius 2 is 0.600 bits per heavy atom. The van der Waals surface area contributed by atoms with E-state index in [9.17, 15) is 14.4 Å². The molecule has 0 spiro atoms. The Morgan fingerprint density at radius 3 is 1.02 bits per heavy atom. The minimum absolute atomic E-state index is 0.0912. The topological polar surface area (TPSA) is 78.9 Å². The second-order valence-electron chi connectivity index (χ2n) is 18.5. The lowest BCUT2D eigenvalue weighted by atomic mass is 10.0. The van der Waals surface area contributed by atoms with Gasteiger partial charge in [0, 0.05) is 19.3 Å². The predicted molar refractivity (Wildman–Crippen MR) is 279 cm³/mol. The molecule has 1 unspecified atom stereocenters. The summed E-state index contributed by atoms with van der Waals surface area (Å²) in [7, 11) is 0. The Morgan fingerprint density at radius 1 is 0.323 bits per heavy atom. The smallest absolute Gasteiger partial charge is 0.306 e. The van der Waals surface area contributed by atoms with E-state index in [1.807, 2.05) is 0 Å². The highest BCUT2D eigenvalue weighted by Gasteiger charge is 2.19. The van der Waals surface area contributed by atoms with E-state index in [0.29, 0.717) is 19.3 Å². The van der Waals surface area contributed by atoms with Crippen LogP contribution in [0.3, 0.4) is 0 Å². The Bertz CT molecular complexity index is 1180. The minimum atomic E-state index is -0.797. The van der Waals surface area contributed by atoms with Gasteiger partial charge in [0.25, 0.3) is 0 Å². The Kier molecular flexibility index (Phi) is 51.3. The first-order valence-corrected chi connectivity index (χ1v) is 27.8. The van der Waals surface area contributed by atoms with Gasteiger partial charge in [-0.3, -0.25) is 14.4 Å². The molecule has 0 rings (SSSR count). The fourth-order valence-corrected chi connectivity index (χ4v) is 7.84. The first-order valence-electron chi connectivity index (χ1n) is 27.8. The molecule has 0 amide bonds. The summed E-state index contributed by atoms with van der Waals surface area (Å²) in [4.78, 5) is 38.0. The first-order chi connectivity index (χ1) is 32.0. The minimum Gasteiger partial charge on any atom is -0.462 e. The number of rotatable bonds is 50. The van der Waals surface area contributed by atoms with Crippen LogP contribution in [0.25, 0.3) is 0 Å². The second kappa shape index (κ2) is 53.7. The summed E-state index contributed by atoms with van der Waals surface area (Å²) in [5.74, 6) is -0.934. The molecule has 0 N–H and O–H groups in total. The number of carbonyl (C=O) groups is 3. The number of esters is 3. The number of unbranched alkanes of at least 4 members (excludes halogenated alkanes) is 29. The van der Waals surface area contributed by atoms with Crippen LogP contribution in [0, 0.1) is 0 Å². The van der Waals surface area contributed by atoms with E-state index in [2.05, 4.69) is 81.5 Å². The van der Waals surface area contributed by atoms with Gasteiger partial charge in [0.05, 0.1) is 0 Å². The first kappa shape index (κ1) is 62.1. The van der Waals surface area contributed by atoms with Crippen molar-refractivity contribution in [1.29, 1.82) is 0 Å². The standard InChI is InChI=1S/C59H104O6/c1-4-7-10-13-16-19-22-25-27-28-29-30-31-33-34-37-40-43-46-49-52-58(61)64-55-56(54-63-57(60)51-48-45-42-39-36-24-21-18-15-12-9-6-3)65-59(62)53-50-47-44-41-38-35-32-26-23-20-17-14-11-8-5-2/h8,11,17-18,20-21,26,32,38,41,56H,4-7,9-10,12-16,19,22-25,27-31,33-37,39-40,42-55H2,1-3H3/b11-8-,20-17-,21-18-,32-26-,41-38-. The van der Waals surface area contributed by atoms with Crippen LogP contribution in [0.15, 0.2) is 60.8 Å². The van der Waals surface area contributed by atoms with Gasteiger partial charge in [-0.25, -0.2) is 0 Å². The lowest BCUT2D eigenvalue weighted by Crippen LogP contribution is -2.30. The van der Waals surface area contributed by atoms with Gasteiger partial charge in [0.1, 0.15) is 13.2 Å². The maximum atomic E-state index is 12.8. The molecule has 0 bridgehead atoms. The SMILES string of the molecule is CC/C=C\C/C=C\C/C=C\C/C=C\CCCCC(=O)OC(COC(=O)CCCCCCC/C=C\CCCCC)COC(=O)CCCCCCCCCCCCCCCCCCCCCC. The fraction of sp³-hybridized carbons (Fsp3) is 0.780. The summed E-state index contributed by atoms with van der Waals surface area (Å²) < 4.78 is 16.8. The number of ether oxygens (including phenoxy) is 3. The maximum absolute atomic E-state index is 12.8. The van der Waals surface area contributed by atoms with E-state index in [1.165, 1.54) is 148 Å². The van der Waals surface area contributed by atoms with Crippen molar-refractivity contribution >= 4 is 17.9 Å². The zero-order valence-corrected chi connectivity index (χ0v) is 43.0. The van der Waals surface area contributed by atoms with Gasteiger partial charge < -0.3 is 14.2 Å². The molecule has 1 atom stereocenters. The lowest BCUT2D eigenvalue weighted by Gasteiger charge is -2.18. The molecular formula is C59H104O6. The summed E-state index contributed by atoms with van der Waals surface area (Å²) in [5, 5.41) is 0. The van der Waals surface area contributed by atoms with Crippen molar-refractivity contribution in [3.63, 3.8) is 0 Å². The van der Waals surface area contributed by atoms with Gasteiger partial charge in [0.2, 0.25) is 0 Å². The highest BCUT2D eigenvalue weighted by molar-refractivity contribution is 5.71. The Hall–Kier alpha value is -2.89. The summed E-state index contributed by atoms with van der Waals surface area (Å²) in [6.45, 7) is 6.48. The van der Waals surface area contributed by atoms with Crippen molar-refractivity contribution < 1.29 is 28.6 Å². The molecule has 0 heterocycles. The average Bonchev–Trinajstić information content (AvgIpc) is 3.30. The normalized spacial score (nSPS) is 12.5. The Labute approximate surface area is 402 Å². The van der Waals surface area contributed by atoms with Crippen LogP contribution < -0.4 is 0 Å². The molecule has 65 heavy (non-hydrogen) atoms. The van der Waals surface area contributed by atoms with Crippen LogP contribution in [-0.4, -0.2) is 37.2 Å². The second-order valence-corrected chi connectivity index (χ2v) is 18.5. The van der Waals surface area contributed by atoms with Gasteiger partial charge >= 0.3 is 17.9 Å². The van der Waals surface area contributed by atoms with Gasteiger partial charge in [-0.2, -0.15) is 0 Å². The van der Waals surface area contributed by atoms with Crippen molar-refractivity contribution in [2.24, 2.45) is 0 Å². The molecule has 0 aromatic rings. The van der Waals surface area contributed by atoms with Gasteiger partial charge in [0.15, 0.2) is 6.10 Å². The third-order valence-corrected chi connectivity index (χ3v) is 12.0. The number of hydrogen-bond donors (Lipinski definition) is 0. The summed E-state index contributed by atoms with van der Waals surface area (Å²) in [5.41, 5.74) is 0. The van der Waals surface area contributed by atoms with E-state index in [1.54, 1.807) is 0 Å². The number of hydrogen-bond acceptors (Lipinski definition) is 6. The lowest BCUT2D eigenvalue weighted by molar-refractivity contribution is -0.167. The van der Waals surface area contributed by atoms with Crippen molar-refractivity contribution in [2.75, 3.05) is 13.2 Å². The van der Waals surface area contributed by atoms with Gasteiger partial charge in [-0.05, 0) is 83.5 Å². The van der Waals surface area contributed by atoms with E-state index in [-0.39, 0.29) is 37.5 Å². The zero-order chi connectivity index (χ0) is 47.2. The van der Waals surface area contributed by atoms with Gasteiger partial charge in [-0.1, -0.05) is 236 Å². The monoisotopic (exact) mass is 909 g/mol. The van der Waals surface area contributed by atoms with E-state index >= 15 is 0 Å². The molecule has 0 fully saturated rings. The van der Waals surface area contributed by atoms with Crippen LogP contribution in [0.2, 0.25) is 0 Å². The predicted octanol–water partition coefficient (Wildman–Crippen LogP) is 18.4. The molecule has 0 aliphatic heterocycles. The highest BCUT2D eigenvalue weighted by atomic mass is 16.6. The zero-order valence-electron chi connectivity index (χ0n) is 43.0. The molecule has 6 heteroatoms. The largest absolute Gasteiger partial charge is 0.462 e. The molecule has 0 saturated heterocycles. The van der Waals surface area contributed by atoms with E-state index < -0.39 is 6.10 Å². The van der Waals surface area contributed by atoms with Crippen molar-refractivity contribution in [2.45, 2.75) is 284 Å². The quantitative estimate of drug-likeness (QED) is 0.0262. The van der Waals surface area contributed by atoms with Crippen LogP contribution in [0.4, 0.5) is 0 Å². The van der Waals surface area contributed by atoms with Crippen molar-refractivity contribution in [3.05, 3.63) is 60.8 Å². The fourth-order valence-electron chi connectivity index (χ4n) is 7.84. The molecule has 0 saturated carbocycles. The van der Waals surface area contributed by atoms with Gasteiger partial charge in [-0.15, -0.1) is 0 Å². The van der Waals surface area contributed by atoms with E-state index in [4.69, 9.17) is 14.2 Å². The molecule has 0 aromatic heterocycles. The molecule has 376 valence electrons. The summed E-state index contributed by atoms with van der Waals surface area (Å²) >= 11 is 0. The molecule has 0 aliphatic rings. The summed E-state index contributed by atoms with van der Waals surface area (Å²) in [6, 6.07) is 0. The molecule has 6 nitrogen and oxygen atoms in total. The number of carbonyl (C=O) groups excluding carboxylic acids is 3. The van der Waals surface area contributed by atoms with Crippen LogP contribution in [0.1, 0.15) is 278 Å². The molecule has 0 aromatic carbocycles. The third-order valence-electron chi connectivity index (χ3n) is 12.0.